The number of carbonyl (C=O) groups is 4. The third kappa shape index (κ3) is 10.9. The van der Waals surface area contributed by atoms with E-state index in [-0.39, 0.29) is 30.4 Å². The number of amides is 3. The highest BCUT2D eigenvalue weighted by molar-refractivity contribution is 7.98. The van der Waals surface area contributed by atoms with E-state index in [4.69, 9.17) is 5.73 Å². The summed E-state index contributed by atoms with van der Waals surface area (Å²) in [5.74, 6) is -2.34. The largest absolute Gasteiger partial charge is 0.508 e. The molecule has 0 aromatic heterocycles. The third-order valence-corrected chi connectivity index (χ3v) is 6.24. The van der Waals surface area contributed by atoms with Crippen LogP contribution < -0.4 is 21.7 Å². The second-order valence-corrected chi connectivity index (χ2v) is 10.6. The maximum Gasteiger partial charge on any atom is 0.326 e. The van der Waals surface area contributed by atoms with Crippen LogP contribution in [0.5, 0.6) is 5.75 Å². The Kier molecular flexibility index (Phi) is 13.3. The van der Waals surface area contributed by atoms with Crippen molar-refractivity contribution in [1.82, 2.24) is 16.0 Å². The Bertz CT molecular complexity index is 878. The van der Waals surface area contributed by atoms with E-state index in [1.54, 1.807) is 26.0 Å². The minimum atomic E-state index is -1.17. The molecule has 1 rings (SSSR count). The first-order valence-electron chi connectivity index (χ1n) is 12.0. The number of phenols is 1. The van der Waals surface area contributed by atoms with Gasteiger partial charge in [-0.2, -0.15) is 11.8 Å². The number of phenolic OH excluding ortho intramolecular Hbond substituents is 1. The van der Waals surface area contributed by atoms with Gasteiger partial charge >= 0.3 is 5.97 Å². The van der Waals surface area contributed by atoms with Crippen molar-refractivity contribution in [3.8, 4) is 5.75 Å². The number of nitrogens with one attached hydrogen (secondary N) is 3. The molecule has 0 aliphatic carbocycles. The van der Waals surface area contributed by atoms with Crippen LogP contribution in [0.15, 0.2) is 24.3 Å². The van der Waals surface area contributed by atoms with Crippen LogP contribution in [0.2, 0.25) is 0 Å². The molecule has 0 saturated heterocycles. The van der Waals surface area contributed by atoms with Crippen LogP contribution in [-0.2, 0) is 25.6 Å². The summed E-state index contributed by atoms with van der Waals surface area (Å²) >= 11 is 1.46. The number of benzene rings is 1. The fourth-order valence-corrected chi connectivity index (χ4v) is 3.86. The molecule has 10 nitrogen and oxygen atoms in total. The first-order chi connectivity index (χ1) is 16.8. The summed E-state index contributed by atoms with van der Waals surface area (Å²) in [6, 6.07) is 2.20. The van der Waals surface area contributed by atoms with Gasteiger partial charge < -0.3 is 31.9 Å². The minimum absolute atomic E-state index is 0.0491. The van der Waals surface area contributed by atoms with Crippen LogP contribution in [0.4, 0.5) is 0 Å². The molecule has 202 valence electrons. The second kappa shape index (κ2) is 15.4. The van der Waals surface area contributed by atoms with Gasteiger partial charge in [0.15, 0.2) is 0 Å². The molecular weight excluding hydrogens is 484 g/mol. The highest BCUT2D eigenvalue weighted by atomic mass is 32.2. The first kappa shape index (κ1) is 31.2. The molecule has 0 bridgehead atoms. The normalized spacial score (nSPS) is 14.6. The lowest BCUT2D eigenvalue weighted by atomic mass is 9.99. The van der Waals surface area contributed by atoms with Gasteiger partial charge in [-0.15, -0.1) is 0 Å². The third-order valence-electron chi connectivity index (χ3n) is 5.60. The number of rotatable bonds is 15. The zero-order valence-electron chi connectivity index (χ0n) is 21.6. The van der Waals surface area contributed by atoms with Crippen LogP contribution in [0, 0.1) is 11.8 Å². The Morgan fingerprint density at radius 3 is 1.92 bits per heavy atom. The molecule has 4 unspecified atom stereocenters. The van der Waals surface area contributed by atoms with Gasteiger partial charge in [-0.3, -0.25) is 14.4 Å². The van der Waals surface area contributed by atoms with E-state index in [2.05, 4.69) is 16.0 Å². The molecule has 7 N–H and O–H groups in total. The van der Waals surface area contributed by atoms with Crippen molar-refractivity contribution in [1.29, 1.82) is 0 Å². The summed E-state index contributed by atoms with van der Waals surface area (Å²) in [7, 11) is 0. The topological polar surface area (TPSA) is 171 Å². The molecule has 0 radical (unpaired) electrons. The van der Waals surface area contributed by atoms with Crippen molar-refractivity contribution in [3.63, 3.8) is 0 Å². The average molecular weight is 525 g/mol. The number of carbonyl (C=O) groups excluding carboxylic acids is 3. The van der Waals surface area contributed by atoms with Gasteiger partial charge in [0.1, 0.15) is 23.9 Å². The van der Waals surface area contributed by atoms with Gasteiger partial charge in [0, 0.05) is 6.42 Å². The molecule has 0 aliphatic rings. The van der Waals surface area contributed by atoms with Crippen LogP contribution in [0.25, 0.3) is 0 Å². The van der Waals surface area contributed by atoms with E-state index in [9.17, 15) is 29.4 Å². The summed E-state index contributed by atoms with van der Waals surface area (Å²) < 4.78 is 0. The zero-order chi connectivity index (χ0) is 27.4. The smallest absolute Gasteiger partial charge is 0.326 e. The number of nitrogens with two attached hydrogens (primary N) is 1. The Balaban J connectivity index is 3.15. The maximum atomic E-state index is 13.3. The van der Waals surface area contributed by atoms with Crippen molar-refractivity contribution >= 4 is 35.5 Å². The van der Waals surface area contributed by atoms with Crippen LogP contribution in [-0.4, -0.2) is 70.1 Å². The molecule has 3 amide bonds. The summed E-state index contributed by atoms with van der Waals surface area (Å²) in [5.41, 5.74) is 6.59. The van der Waals surface area contributed by atoms with E-state index in [0.717, 1.165) is 0 Å². The van der Waals surface area contributed by atoms with Crippen molar-refractivity contribution in [2.24, 2.45) is 17.6 Å². The average Bonchev–Trinajstić information content (AvgIpc) is 2.80. The fourth-order valence-electron chi connectivity index (χ4n) is 3.39. The molecule has 0 aliphatic heterocycles. The molecular formula is C25H40N4O6S. The fraction of sp³-hybridized carbons (Fsp3) is 0.600. The quantitative estimate of drug-likeness (QED) is 0.199. The number of aromatic hydroxyl groups is 1. The number of hydrogen-bond acceptors (Lipinski definition) is 7. The predicted octanol–water partition coefficient (Wildman–Crippen LogP) is 1.26. The Labute approximate surface area is 217 Å². The van der Waals surface area contributed by atoms with Gasteiger partial charge in [0.2, 0.25) is 17.7 Å². The molecule has 0 saturated carbocycles. The second-order valence-electron chi connectivity index (χ2n) is 9.57. The summed E-state index contributed by atoms with van der Waals surface area (Å²) in [5, 5.41) is 27.0. The molecule has 0 fully saturated rings. The highest BCUT2D eigenvalue weighted by Crippen LogP contribution is 2.13. The number of aliphatic carboxylic acids is 1. The summed E-state index contributed by atoms with van der Waals surface area (Å²) in [6.45, 7) is 7.41. The number of thioether (sulfide) groups is 1. The van der Waals surface area contributed by atoms with Crippen molar-refractivity contribution in [2.45, 2.75) is 71.1 Å². The van der Waals surface area contributed by atoms with Gasteiger partial charge in [0.25, 0.3) is 0 Å². The Hall–Kier alpha value is -2.79. The van der Waals surface area contributed by atoms with Crippen molar-refractivity contribution in [2.75, 3.05) is 12.0 Å². The molecule has 0 heterocycles. The lowest BCUT2D eigenvalue weighted by Gasteiger charge is -2.26. The van der Waals surface area contributed by atoms with Gasteiger partial charge in [0.05, 0.1) is 6.04 Å². The molecule has 36 heavy (non-hydrogen) atoms. The van der Waals surface area contributed by atoms with Crippen molar-refractivity contribution < 1.29 is 29.4 Å². The Morgan fingerprint density at radius 2 is 1.42 bits per heavy atom. The van der Waals surface area contributed by atoms with Crippen LogP contribution >= 0.6 is 11.8 Å². The summed E-state index contributed by atoms with van der Waals surface area (Å²) in [6.07, 6.45) is 2.44. The maximum absolute atomic E-state index is 13.3. The van der Waals surface area contributed by atoms with E-state index in [0.29, 0.717) is 17.7 Å². The first-order valence-corrected chi connectivity index (χ1v) is 13.4. The lowest BCUT2D eigenvalue weighted by Crippen LogP contribution is -2.58. The molecule has 1 aromatic rings. The molecule has 11 heteroatoms. The van der Waals surface area contributed by atoms with Gasteiger partial charge in [-0.05, 0) is 54.4 Å². The SMILES string of the molecule is CSCCC(NC(=O)C(Cc1ccc(O)cc1)NC(=O)C(CC(C)C)NC(=O)C(N)C(C)C)C(=O)O. The van der Waals surface area contributed by atoms with E-state index in [1.165, 1.54) is 23.9 Å². The van der Waals surface area contributed by atoms with E-state index >= 15 is 0 Å². The van der Waals surface area contributed by atoms with Gasteiger partial charge in [-0.25, -0.2) is 4.79 Å². The molecule has 0 spiro atoms. The lowest BCUT2D eigenvalue weighted by molar-refractivity contribution is -0.142. The predicted molar refractivity (Wildman–Crippen MR) is 141 cm³/mol. The molecule has 1 aromatic carbocycles. The standard InChI is InChI=1S/C25H40N4O6S/c1-14(2)12-19(29-24(33)21(26)15(3)4)22(31)28-20(13-16-6-8-17(30)9-7-16)23(32)27-18(25(34)35)10-11-36-5/h6-9,14-15,18-21,30H,10-13,26H2,1-5H3,(H,27,32)(H,28,31)(H,29,33)(H,34,35). The van der Waals surface area contributed by atoms with Crippen LogP contribution in [0.3, 0.4) is 0 Å². The summed E-state index contributed by atoms with van der Waals surface area (Å²) in [4.78, 5) is 50.6. The number of hydrogen-bond donors (Lipinski definition) is 6. The molecule has 4 atom stereocenters. The van der Waals surface area contributed by atoms with Crippen molar-refractivity contribution in [3.05, 3.63) is 29.8 Å². The monoisotopic (exact) mass is 524 g/mol. The number of carboxylic acid groups (broad SMARTS) is 1. The Morgan fingerprint density at radius 1 is 0.889 bits per heavy atom. The zero-order valence-corrected chi connectivity index (χ0v) is 22.4. The minimum Gasteiger partial charge on any atom is -0.508 e. The highest BCUT2D eigenvalue weighted by Gasteiger charge is 2.31. The van der Waals surface area contributed by atoms with Crippen LogP contribution in [0.1, 0.15) is 46.1 Å². The van der Waals surface area contributed by atoms with E-state index in [1.807, 2.05) is 20.1 Å². The number of carboxylic acids is 1. The van der Waals surface area contributed by atoms with E-state index < -0.39 is 47.9 Å². The van der Waals surface area contributed by atoms with Gasteiger partial charge in [-0.1, -0.05) is 39.8 Å².